The average molecular weight is 377 g/mol. The van der Waals surface area contributed by atoms with Crippen LogP contribution >= 0.6 is 0 Å². The van der Waals surface area contributed by atoms with Crippen LogP contribution in [0.3, 0.4) is 0 Å². The SMILES string of the molecule is Cc1noc(C)c1-c1cnc2cc(C(=O)NCC[n+]3cccc(N)c3)ccn12. The molecular formula is C20H21N6O2+. The van der Waals surface area contributed by atoms with Crippen LogP contribution in [0.15, 0.2) is 53.6 Å². The third-order valence-corrected chi connectivity index (χ3v) is 4.60. The summed E-state index contributed by atoms with van der Waals surface area (Å²) in [6.45, 7) is 4.90. The molecule has 0 bridgehead atoms. The number of aromatic nitrogens is 4. The summed E-state index contributed by atoms with van der Waals surface area (Å²) in [5, 5.41) is 6.92. The Bertz CT molecular complexity index is 1140. The summed E-state index contributed by atoms with van der Waals surface area (Å²) in [7, 11) is 0. The van der Waals surface area contributed by atoms with Crippen molar-refractivity contribution >= 4 is 17.2 Å². The van der Waals surface area contributed by atoms with Crippen molar-refractivity contribution in [2.75, 3.05) is 12.3 Å². The molecule has 0 aromatic carbocycles. The summed E-state index contributed by atoms with van der Waals surface area (Å²) >= 11 is 0. The second-order valence-corrected chi connectivity index (χ2v) is 6.62. The molecule has 0 aliphatic heterocycles. The molecule has 1 amide bonds. The number of nitrogens with two attached hydrogens (primary N) is 1. The van der Waals surface area contributed by atoms with Gasteiger partial charge < -0.3 is 15.6 Å². The first kappa shape index (κ1) is 17.7. The molecule has 0 saturated heterocycles. The van der Waals surface area contributed by atoms with Crippen molar-refractivity contribution in [2.45, 2.75) is 20.4 Å². The van der Waals surface area contributed by atoms with E-state index in [2.05, 4.69) is 15.5 Å². The van der Waals surface area contributed by atoms with Crippen LogP contribution in [0.4, 0.5) is 5.69 Å². The van der Waals surface area contributed by atoms with Gasteiger partial charge in [-0.2, -0.15) is 0 Å². The van der Waals surface area contributed by atoms with E-state index in [0.29, 0.717) is 30.0 Å². The van der Waals surface area contributed by atoms with Crippen molar-refractivity contribution in [2.24, 2.45) is 0 Å². The number of hydrogen-bond acceptors (Lipinski definition) is 5. The Morgan fingerprint density at radius 2 is 2.21 bits per heavy atom. The second kappa shape index (κ2) is 7.15. The van der Waals surface area contributed by atoms with Gasteiger partial charge in [-0.25, -0.2) is 9.55 Å². The highest BCUT2D eigenvalue weighted by atomic mass is 16.5. The molecule has 4 aromatic rings. The number of carbonyl (C=O) groups is 1. The number of amides is 1. The van der Waals surface area contributed by atoms with Crippen molar-refractivity contribution in [1.29, 1.82) is 0 Å². The number of aryl methyl sites for hydroxylation is 2. The van der Waals surface area contributed by atoms with E-state index in [4.69, 9.17) is 10.3 Å². The number of anilines is 1. The fourth-order valence-corrected chi connectivity index (χ4v) is 3.24. The number of hydrogen-bond donors (Lipinski definition) is 2. The average Bonchev–Trinajstić information content (AvgIpc) is 3.23. The molecule has 0 spiro atoms. The minimum atomic E-state index is -0.145. The van der Waals surface area contributed by atoms with E-state index in [1.807, 2.05) is 53.5 Å². The lowest BCUT2D eigenvalue weighted by atomic mass is 10.1. The van der Waals surface area contributed by atoms with Gasteiger partial charge in [-0.05, 0) is 32.0 Å². The zero-order valence-corrected chi connectivity index (χ0v) is 15.7. The lowest BCUT2D eigenvalue weighted by molar-refractivity contribution is -0.694. The highest BCUT2D eigenvalue weighted by Crippen LogP contribution is 2.27. The number of fused-ring (bicyclic) bond motifs is 1. The molecule has 8 heteroatoms. The predicted molar refractivity (Wildman–Crippen MR) is 104 cm³/mol. The predicted octanol–water partition coefficient (Wildman–Crippen LogP) is 1.91. The molecule has 4 aromatic heterocycles. The normalized spacial score (nSPS) is 11.1. The van der Waals surface area contributed by atoms with Gasteiger partial charge in [0.2, 0.25) is 0 Å². The first-order valence-electron chi connectivity index (χ1n) is 8.96. The summed E-state index contributed by atoms with van der Waals surface area (Å²) in [4.78, 5) is 16.9. The van der Waals surface area contributed by atoms with E-state index in [-0.39, 0.29) is 5.91 Å². The highest BCUT2D eigenvalue weighted by Gasteiger charge is 2.16. The van der Waals surface area contributed by atoms with E-state index in [1.165, 1.54) is 0 Å². The van der Waals surface area contributed by atoms with Crippen LogP contribution in [-0.4, -0.2) is 27.0 Å². The number of rotatable bonds is 5. The van der Waals surface area contributed by atoms with Crippen LogP contribution in [0.1, 0.15) is 21.8 Å². The minimum absolute atomic E-state index is 0.145. The van der Waals surface area contributed by atoms with Crippen molar-refractivity contribution in [3.8, 4) is 11.3 Å². The van der Waals surface area contributed by atoms with Crippen molar-refractivity contribution in [1.82, 2.24) is 19.9 Å². The Kier molecular flexibility index (Phi) is 4.52. The van der Waals surface area contributed by atoms with Gasteiger partial charge in [0.1, 0.15) is 11.4 Å². The molecule has 0 aliphatic carbocycles. The summed E-state index contributed by atoms with van der Waals surface area (Å²) < 4.78 is 9.11. The fourth-order valence-electron chi connectivity index (χ4n) is 3.24. The molecule has 4 rings (SSSR count). The van der Waals surface area contributed by atoms with Crippen LogP contribution < -0.4 is 15.6 Å². The maximum atomic E-state index is 12.5. The zero-order valence-electron chi connectivity index (χ0n) is 15.7. The van der Waals surface area contributed by atoms with Crippen molar-refractivity contribution < 1.29 is 13.9 Å². The third-order valence-electron chi connectivity index (χ3n) is 4.60. The van der Waals surface area contributed by atoms with Crippen LogP contribution in [0.5, 0.6) is 0 Å². The van der Waals surface area contributed by atoms with Gasteiger partial charge in [0.15, 0.2) is 18.9 Å². The van der Waals surface area contributed by atoms with Gasteiger partial charge >= 0.3 is 0 Å². The standard InChI is InChI=1S/C20H20N6O2/c1-13-19(14(2)28-24-13)17-11-23-18-10-15(5-8-26(17)18)20(27)22-6-9-25-7-3-4-16(21)12-25/h3-5,7-8,10-12H,6,9,21H2,1-2H3/p+1. The lowest BCUT2D eigenvalue weighted by Gasteiger charge is -2.05. The summed E-state index contributed by atoms with van der Waals surface area (Å²) in [5.41, 5.74) is 10.3. The topological polar surface area (TPSA) is 102 Å². The molecule has 142 valence electrons. The maximum absolute atomic E-state index is 12.5. The molecule has 0 unspecified atom stereocenters. The van der Waals surface area contributed by atoms with Crippen LogP contribution in [0, 0.1) is 13.8 Å². The molecule has 0 radical (unpaired) electrons. The fraction of sp³-hybridized carbons (Fsp3) is 0.200. The summed E-state index contributed by atoms with van der Waals surface area (Å²) in [6, 6.07) is 7.25. The Hall–Kier alpha value is -3.68. The Labute approximate surface area is 161 Å². The number of pyridine rings is 2. The van der Waals surface area contributed by atoms with Crippen molar-refractivity contribution in [3.05, 3.63) is 66.1 Å². The molecule has 0 atom stereocenters. The molecule has 0 fully saturated rings. The smallest absolute Gasteiger partial charge is 0.251 e. The lowest BCUT2D eigenvalue weighted by Crippen LogP contribution is -2.40. The van der Waals surface area contributed by atoms with E-state index in [0.717, 1.165) is 22.7 Å². The van der Waals surface area contributed by atoms with E-state index in [9.17, 15) is 4.79 Å². The van der Waals surface area contributed by atoms with E-state index >= 15 is 0 Å². The Morgan fingerprint density at radius 1 is 1.36 bits per heavy atom. The van der Waals surface area contributed by atoms with Gasteiger partial charge in [-0.15, -0.1) is 0 Å². The number of nitrogens with zero attached hydrogens (tertiary/aromatic N) is 4. The number of carbonyl (C=O) groups excluding carboxylic acids is 1. The van der Waals surface area contributed by atoms with Crippen molar-refractivity contribution in [3.63, 3.8) is 0 Å². The number of nitrogen functional groups attached to an aromatic ring is 1. The Morgan fingerprint density at radius 3 is 2.96 bits per heavy atom. The molecule has 3 N–H and O–H groups in total. The van der Waals surface area contributed by atoms with E-state index < -0.39 is 0 Å². The first-order valence-corrected chi connectivity index (χ1v) is 8.96. The van der Waals surface area contributed by atoms with Crippen LogP contribution in [-0.2, 0) is 6.54 Å². The monoisotopic (exact) mass is 377 g/mol. The quantitative estimate of drug-likeness (QED) is 0.517. The largest absolute Gasteiger partial charge is 0.394 e. The van der Waals surface area contributed by atoms with Gasteiger partial charge in [-0.3, -0.25) is 9.20 Å². The second-order valence-electron chi connectivity index (χ2n) is 6.62. The maximum Gasteiger partial charge on any atom is 0.251 e. The van der Waals surface area contributed by atoms with Crippen LogP contribution in [0.2, 0.25) is 0 Å². The molecule has 0 saturated carbocycles. The molecular weight excluding hydrogens is 356 g/mol. The minimum Gasteiger partial charge on any atom is -0.394 e. The van der Waals surface area contributed by atoms with E-state index in [1.54, 1.807) is 18.3 Å². The molecule has 28 heavy (non-hydrogen) atoms. The molecule has 4 heterocycles. The number of imidazole rings is 1. The van der Waals surface area contributed by atoms with Gasteiger partial charge in [0.05, 0.1) is 35.4 Å². The van der Waals surface area contributed by atoms with Gasteiger partial charge in [0.25, 0.3) is 5.91 Å². The Balaban J connectivity index is 1.50. The van der Waals surface area contributed by atoms with Crippen LogP contribution in [0.25, 0.3) is 16.9 Å². The summed E-state index contributed by atoms with van der Waals surface area (Å²) in [6.07, 6.45) is 7.35. The highest BCUT2D eigenvalue weighted by molar-refractivity contribution is 5.95. The van der Waals surface area contributed by atoms with Gasteiger partial charge in [0, 0.05) is 17.8 Å². The number of nitrogens with one attached hydrogen (secondary N) is 1. The zero-order chi connectivity index (χ0) is 19.7. The van der Waals surface area contributed by atoms with Gasteiger partial charge in [-0.1, -0.05) is 5.16 Å². The first-order chi connectivity index (χ1) is 13.5. The molecule has 8 nitrogen and oxygen atoms in total. The third kappa shape index (κ3) is 3.32. The molecule has 0 aliphatic rings. The summed E-state index contributed by atoms with van der Waals surface area (Å²) in [5.74, 6) is 0.592.